The van der Waals surface area contributed by atoms with Crippen LogP contribution < -0.4 is 0 Å². The van der Waals surface area contributed by atoms with Crippen molar-refractivity contribution >= 4 is 13.7 Å². The van der Waals surface area contributed by atoms with Crippen molar-refractivity contribution in [1.82, 2.24) is 4.90 Å². The first-order chi connectivity index (χ1) is 9.70. The highest BCUT2D eigenvalue weighted by Gasteiger charge is 2.63. The smallest absolute Gasteiger partial charge is 0.411 e. The van der Waals surface area contributed by atoms with Gasteiger partial charge in [0, 0.05) is 0 Å². The van der Waals surface area contributed by atoms with Crippen molar-refractivity contribution in [3.8, 4) is 0 Å². The average Bonchev–Trinajstić information content (AvgIpc) is 3.03. The van der Waals surface area contributed by atoms with E-state index >= 15 is 0 Å². The molecule has 1 fully saturated rings. The second-order valence-corrected chi connectivity index (χ2v) is 8.16. The Labute approximate surface area is 127 Å². The molecule has 0 aromatic heterocycles. The normalized spacial score (nSPS) is 22.3. The molecule has 1 rings (SSSR count). The van der Waals surface area contributed by atoms with Crippen LogP contribution in [0.5, 0.6) is 0 Å². The zero-order chi connectivity index (χ0) is 16.3. The van der Waals surface area contributed by atoms with Gasteiger partial charge in [-0.15, -0.1) is 0 Å². The lowest BCUT2D eigenvalue weighted by Crippen LogP contribution is -2.28. The highest BCUT2D eigenvalue weighted by atomic mass is 31.2. The lowest BCUT2D eigenvalue weighted by Gasteiger charge is -2.21. The summed E-state index contributed by atoms with van der Waals surface area (Å²) < 4.78 is 29.0. The Morgan fingerprint density at radius 3 is 2.05 bits per heavy atom. The second kappa shape index (κ2) is 7.12. The van der Waals surface area contributed by atoms with Gasteiger partial charge in [-0.05, 0) is 41.0 Å². The van der Waals surface area contributed by atoms with E-state index in [-0.39, 0.29) is 19.3 Å². The van der Waals surface area contributed by atoms with Crippen molar-refractivity contribution in [3.63, 3.8) is 0 Å². The number of carbonyl (C=O) groups excluding carboxylic acids is 1. The minimum absolute atomic E-state index is 0.131. The topological polar surface area (TPSA) is 64.8 Å². The van der Waals surface area contributed by atoms with Crippen LogP contribution in [-0.4, -0.2) is 41.6 Å². The van der Waals surface area contributed by atoms with Crippen molar-refractivity contribution in [2.75, 3.05) is 13.2 Å². The summed E-state index contributed by atoms with van der Waals surface area (Å²) in [4.78, 5) is 13.7. The molecule has 0 saturated carbocycles. The number of nitrogens with zero attached hydrogens (tertiary/aromatic N) is 1. The maximum Gasteiger partial charge on any atom is 0.411 e. The maximum absolute atomic E-state index is 12.8. The van der Waals surface area contributed by atoms with Gasteiger partial charge in [-0.3, -0.25) is 9.46 Å². The van der Waals surface area contributed by atoms with Gasteiger partial charge in [0.25, 0.3) is 0 Å². The third-order valence-corrected chi connectivity index (χ3v) is 5.50. The second-order valence-electron chi connectivity index (χ2n) is 6.03. The van der Waals surface area contributed by atoms with Gasteiger partial charge in [0.2, 0.25) is 0 Å². The summed E-state index contributed by atoms with van der Waals surface area (Å²) in [5.41, 5.74) is -0.581. The van der Waals surface area contributed by atoms with Crippen molar-refractivity contribution in [2.45, 2.75) is 71.8 Å². The molecule has 0 radical (unpaired) electrons. The SMILES string of the molecule is CCC[C@H]1[C@@H](P(=O)(OCC)OCC)N1C(=O)OC(C)(C)C. The monoisotopic (exact) mass is 321 g/mol. The number of hydrogen-bond acceptors (Lipinski definition) is 5. The minimum atomic E-state index is -3.32. The fourth-order valence-corrected chi connectivity index (χ4v) is 4.63. The Bertz CT molecular complexity index is 397. The lowest BCUT2D eigenvalue weighted by molar-refractivity contribution is 0.0394. The average molecular weight is 321 g/mol. The fraction of sp³-hybridized carbons (Fsp3) is 0.929. The van der Waals surface area contributed by atoms with Crippen LogP contribution in [0, 0.1) is 0 Å². The molecule has 0 spiro atoms. The molecule has 1 aliphatic heterocycles. The van der Waals surface area contributed by atoms with Crippen LogP contribution in [0.2, 0.25) is 0 Å². The van der Waals surface area contributed by atoms with Crippen molar-refractivity contribution < 1.29 is 23.1 Å². The van der Waals surface area contributed by atoms with E-state index < -0.39 is 25.1 Å². The van der Waals surface area contributed by atoms with Gasteiger partial charge in [-0.1, -0.05) is 13.3 Å². The Kier molecular flexibility index (Phi) is 6.26. The molecule has 7 heteroatoms. The van der Waals surface area contributed by atoms with Crippen LogP contribution in [-0.2, 0) is 18.3 Å². The Hall–Kier alpha value is -0.580. The van der Waals surface area contributed by atoms with Crippen molar-refractivity contribution in [2.24, 2.45) is 0 Å². The van der Waals surface area contributed by atoms with Crippen molar-refractivity contribution in [3.05, 3.63) is 0 Å². The van der Waals surface area contributed by atoms with E-state index in [1.165, 1.54) is 4.90 Å². The van der Waals surface area contributed by atoms with Gasteiger partial charge >= 0.3 is 13.7 Å². The fourth-order valence-electron chi connectivity index (χ4n) is 2.32. The lowest BCUT2D eigenvalue weighted by atomic mass is 10.2. The molecule has 0 N–H and O–H groups in total. The Balaban J connectivity index is 2.88. The van der Waals surface area contributed by atoms with Gasteiger partial charge < -0.3 is 13.8 Å². The Morgan fingerprint density at radius 1 is 1.14 bits per heavy atom. The molecule has 1 aliphatic rings. The van der Waals surface area contributed by atoms with Gasteiger partial charge in [-0.25, -0.2) is 4.79 Å². The van der Waals surface area contributed by atoms with E-state index in [9.17, 15) is 9.36 Å². The standard InChI is InChI=1S/C14H28NO5P/c1-7-10-11-12(21(17,18-8-2)19-9-3)15(11)13(16)20-14(4,5)6/h11-12H,7-10H2,1-6H3/t11-,12+,15?/m0/s1. The molecule has 0 aromatic rings. The molecule has 124 valence electrons. The summed E-state index contributed by atoms with van der Waals surface area (Å²) in [5.74, 6) is -0.521. The maximum atomic E-state index is 12.8. The van der Waals surface area contributed by atoms with Crippen LogP contribution in [0.25, 0.3) is 0 Å². The number of rotatable bonds is 7. The molecule has 2 atom stereocenters. The third kappa shape index (κ3) is 4.70. The van der Waals surface area contributed by atoms with Crippen LogP contribution in [0.3, 0.4) is 0 Å². The van der Waals surface area contributed by atoms with Crippen LogP contribution in [0.15, 0.2) is 0 Å². The largest absolute Gasteiger partial charge is 0.444 e. The minimum Gasteiger partial charge on any atom is -0.444 e. The first-order valence-corrected chi connectivity index (χ1v) is 9.21. The molecular weight excluding hydrogens is 293 g/mol. The molecule has 1 heterocycles. The van der Waals surface area contributed by atoms with Gasteiger partial charge in [-0.2, -0.15) is 0 Å². The number of amides is 1. The molecular formula is C14H28NO5P. The van der Waals surface area contributed by atoms with E-state index in [2.05, 4.69) is 0 Å². The number of hydrogen-bond donors (Lipinski definition) is 0. The summed E-state index contributed by atoms with van der Waals surface area (Å²) in [5, 5.41) is 0. The van der Waals surface area contributed by atoms with E-state index in [0.717, 1.165) is 12.8 Å². The van der Waals surface area contributed by atoms with E-state index in [0.29, 0.717) is 0 Å². The quantitative estimate of drug-likeness (QED) is 0.524. The Morgan fingerprint density at radius 2 is 1.67 bits per heavy atom. The molecule has 21 heavy (non-hydrogen) atoms. The summed E-state index contributed by atoms with van der Waals surface area (Å²) >= 11 is 0. The first-order valence-electron chi connectivity index (χ1n) is 7.60. The molecule has 0 aromatic carbocycles. The summed E-state index contributed by atoms with van der Waals surface area (Å²) in [6.45, 7) is 11.6. The summed E-state index contributed by atoms with van der Waals surface area (Å²) in [6, 6.07) is -0.131. The zero-order valence-corrected chi connectivity index (χ0v) is 14.8. The molecule has 0 unspecified atom stereocenters. The highest BCUT2D eigenvalue weighted by Crippen LogP contribution is 2.63. The summed E-state index contributed by atoms with van der Waals surface area (Å²) in [6.07, 6.45) is 1.19. The zero-order valence-electron chi connectivity index (χ0n) is 13.9. The molecule has 1 amide bonds. The molecule has 0 aliphatic carbocycles. The van der Waals surface area contributed by atoms with E-state index in [4.69, 9.17) is 13.8 Å². The van der Waals surface area contributed by atoms with Gasteiger partial charge in [0.05, 0.1) is 19.3 Å². The van der Waals surface area contributed by atoms with Crippen molar-refractivity contribution in [1.29, 1.82) is 0 Å². The predicted octanol–water partition coefficient (Wildman–Crippen LogP) is 4.00. The first kappa shape index (κ1) is 18.5. The van der Waals surface area contributed by atoms with Crippen LogP contribution >= 0.6 is 7.60 Å². The number of carbonyl (C=O) groups is 1. The highest BCUT2D eigenvalue weighted by molar-refractivity contribution is 7.55. The molecule has 6 nitrogen and oxygen atoms in total. The van der Waals surface area contributed by atoms with Gasteiger partial charge in [0.15, 0.2) is 5.78 Å². The summed E-state index contributed by atoms with van der Waals surface area (Å²) in [7, 11) is -3.32. The predicted molar refractivity (Wildman–Crippen MR) is 81.4 cm³/mol. The van der Waals surface area contributed by atoms with E-state index in [1.807, 2.05) is 27.7 Å². The van der Waals surface area contributed by atoms with Crippen LogP contribution in [0.4, 0.5) is 4.79 Å². The molecule has 1 saturated heterocycles. The van der Waals surface area contributed by atoms with E-state index in [1.54, 1.807) is 13.8 Å². The third-order valence-electron chi connectivity index (χ3n) is 3.03. The molecule has 0 bridgehead atoms. The van der Waals surface area contributed by atoms with Gasteiger partial charge in [0.1, 0.15) is 5.60 Å². The number of ether oxygens (including phenoxy) is 1. The van der Waals surface area contributed by atoms with Crippen LogP contribution in [0.1, 0.15) is 54.4 Å².